The minimum absolute atomic E-state index is 0.0124. The first-order valence-electron chi connectivity index (χ1n) is 18.5. The van der Waals surface area contributed by atoms with Gasteiger partial charge >= 0.3 is 0 Å². The zero-order chi connectivity index (χ0) is 40.2. The van der Waals surface area contributed by atoms with Crippen molar-refractivity contribution in [1.29, 1.82) is 0 Å². The average molecular weight is 803 g/mol. The molecule has 0 unspecified atom stereocenters. The summed E-state index contributed by atoms with van der Waals surface area (Å²) < 4.78 is 37.7. The molecule has 16 heteroatoms. The van der Waals surface area contributed by atoms with Gasteiger partial charge in [-0.25, -0.2) is 13.1 Å². The molecule has 0 fully saturated rings. The molecule has 0 aromatic heterocycles. The number of benzene rings is 3. The molecule has 55 heavy (non-hydrogen) atoms. The van der Waals surface area contributed by atoms with Crippen LogP contribution in [0.5, 0.6) is 5.75 Å². The van der Waals surface area contributed by atoms with E-state index in [1.807, 2.05) is 41.5 Å². The van der Waals surface area contributed by atoms with Crippen molar-refractivity contribution < 1.29 is 48.3 Å². The molecule has 2 amide bonds. The van der Waals surface area contributed by atoms with E-state index in [4.69, 9.17) is 9.84 Å². The molecule has 5 atom stereocenters. The molecule has 1 heterocycles. The van der Waals surface area contributed by atoms with Gasteiger partial charge in [-0.2, -0.15) is 0 Å². The summed E-state index contributed by atoms with van der Waals surface area (Å²) in [6.07, 6.45) is -0.584. The molecule has 0 radical (unpaired) electrons. The molecule has 302 valence electrons. The topological polar surface area (TPSA) is 218 Å². The molecule has 3 aromatic carbocycles. The van der Waals surface area contributed by atoms with Crippen molar-refractivity contribution in [2.75, 3.05) is 37.5 Å². The number of aliphatic hydroxyl groups excluding tert-OH is 5. The lowest BCUT2D eigenvalue weighted by molar-refractivity contribution is -0.132. The number of carbonyl (C=O) groups is 2. The van der Waals surface area contributed by atoms with Crippen molar-refractivity contribution in [2.45, 2.75) is 98.2 Å². The number of hydrogen-bond acceptors (Lipinski definition) is 12. The van der Waals surface area contributed by atoms with E-state index in [1.165, 1.54) is 17.8 Å². The minimum Gasteiger partial charge on any atom is -0.483 e. The van der Waals surface area contributed by atoms with Crippen LogP contribution in [-0.2, 0) is 19.6 Å². The average Bonchev–Trinajstić information content (AvgIpc) is 3.29. The van der Waals surface area contributed by atoms with Gasteiger partial charge in [-0.3, -0.25) is 9.59 Å². The van der Waals surface area contributed by atoms with Gasteiger partial charge in [0.15, 0.2) is 6.61 Å². The van der Waals surface area contributed by atoms with Crippen LogP contribution in [0, 0.1) is 0 Å². The number of para-hydroxylation sites is 1. The van der Waals surface area contributed by atoms with E-state index >= 15 is 0 Å². The van der Waals surface area contributed by atoms with Crippen molar-refractivity contribution in [3.63, 3.8) is 0 Å². The van der Waals surface area contributed by atoms with Gasteiger partial charge in [0.25, 0.3) is 5.91 Å². The lowest BCUT2D eigenvalue weighted by Gasteiger charge is -2.37. The number of rotatable bonds is 20. The van der Waals surface area contributed by atoms with Gasteiger partial charge in [0.05, 0.1) is 28.8 Å². The van der Waals surface area contributed by atoms with Crippen molar-refractivity contribution in [2.24, 2.45) is 0 Å². The number of aliphatic hydroxyl groups is 5. The van der Waals surface area contributed by atoms with Gasteiger partial charge in [-0.05, 0) is 42.9 Å². The van der Waals surface area contributed by atoms with Crippen LogP contribution in [0.3, 0.4) is 0 Å². The first-order valence-corrected chi connectivity index (χ1v) is 21.2. The smallest absolute Gasteiger partial charge is 0.258 e. The summed E-state index contributed by atoms with van der Waals surface area (Å²) in [6, 6.07) is 19.8. The van der Waals surface area contributed by atoms with Crippen LogP contribution >= 0.6 is 11.8 Å². The third-order valence-corrected chi connectivity index (χ3v) is 12.0. The number of anilines is 2. The van der Waals surface area contributed by atoms with Crippen LogP contribution < -0.4 is 25.0 Å². The SMILES string of the molecule is CCCCC1(CCCC)CN(c2ccccc2)c2cc(SC)c(OCC(=O)N[C@@H](C(=O)NC[C@H](O)[C@H](O)[C@H](O)[C@H](O)CO)c3ccccc3)cc2S(=O)(=O)N1. The molecule has 0 bridgehead atoms. The quantitative estimate of drug-likeness (QED) is 0.0774. The predicted octanol–water partition coefficient (Wildman–Crippen LogP) is 2.75. The molecule has 0 aliphatic carbocycles. The lowest BCUT2D eigenvalue weighted by Crippen LogP contribution is -2.53. The summed E-state index contributed by atoms with van der Waals surface area (Å²) >= 11 is 1.33. The monoisotopic (exact) mass is 802 g/mol. The zero-order valence-corrected chi connectivity index (χ0v) is 33.1. The van der Waals surface area contributed by atoms with E-state index in [9.17, 15) is 38.4 Å². The minimum atomic E-state index is -4.09. The molecule has 1 aliphatic heterocycles. The largest absolute Gasteiger partial charge is 0.483 e. The maximum Gasteiger partial charge on any atom is 0.258 e. The second kappa shape index (κ2) is 20.4. The number of sulfonamides is 1. The zero-order valence-electron chi connectivity index (χ0n) is 31.4. The summed E-state index contributed by atoms with van der Waals surface area (Å²) in [7, 11) is -4.09. The first-order chi connectivity index (χ1) is 26.3. The Bertz CT molecular complexity index is 1790. The highest BCUT2D eigenvalue weighted by molar-refractivity contribution is 7.98. The summed E-state index contributed by atoms with van der Waals surface area (Å²) in [6.45, 7) is 2.59. The number of ether oxygens (including phenoxy) is 1. The Balaban J connectivity index is 1.60. The van der Waals surface area contributed by atoms with Gasteiger partial charge in [0.2, 0.25) is 15.9 Å². The van der Waals surface area contributed by atoms with E-state index < -0.39 is 77.6 Å². The number of thioether (sulfide) groups is 1. The van der Waals surface area contributed by atoms with E-state index in [0.717, 1.165) is 31.4 Å². The molecule has 0 saturated heterocycles. The maximum atomic E-state index is 14.3. The van der Waals surface area contributed by atoms with E-state index in [1.54, 1.807) is 36.4 Å². The Labute approximate surface area is 327 Å². The standard InChI is InChI=1S/C39H54N4O10S2/c1-4-6-18-39(19-7-5-2)25-43(27-16-12-9-13-17-27)28-20-32(54-3)31(21-33(28)55(51,52)42-39)53-24-34(47)41-35(26-14-10-8-11-15-26)38(50)40-22-29(45)36(48)37(49)30(46)23-44/h8-17,20-21,29-30,35-37,42,44-46,48-49H,4-7,18-19,22-25H2,1-3H3,(H,40,50)(H,41,47)/t29-,30+,35+,36-,37+/m0/s1. The summed E-state index contributed by atoms with van der Waals surface area (Å²) in [5, 5.41) is 54.1. The fraction of sp³-hybridized carbons (Fsp3) is 0.487. The van der Waals surface area contributed by atoms with Gasteiger partial charge < -0.3 is 45.8 Å². The van der Waals surface area contributed by atoms with Gasteiger partial charge in [0, 0.05) is 24.8 Å². The molecule has 0 saturated carbocycles. The molecule has 3 aromatic rings. The highest BCUT2D eigenvalue weighted by atomic mass is 32.2. The van der Waals surface area contributed by atoms with E-state index in [0.29, 0.717) is 35.5 Å². The Morgan fingerprint density at radius 3 is 2.11 bits per heavy atom. The van der Waals surface area contributed by atoms with Crippen molar-refractivity contribution in [3.05, 3.63) is 78.4 Å². The van der Waals surface area contributed by atoms with Gasteiger partial charge in [0.1, 0.15) is 35.0 Å². The Morgan fingerprint density at radius 1 is 0.927 bits per heavy atom. The number of carbonyl (C=O) groups excluding carboxylic acids is 2. The van der Waals surface area contributed by atoms with Crippen LogP contribution in [0.1, 0.15) is 64.0 Å². The number of nitrogens with one attached hydrogen (secondary N) is 3. The summed E-state index contributed by atoms with van der Waals surface area (Å²) in [5.41, 5.74) is 0.983. The van der Waals surface area contributed by atoms with Crippen LogP contribution in [0.2, 0.25) is 0 Å². The second-order valence-corrected chi connectivity index (χ2v) is 16.2. The van der Waals surface area contributed by atoms with Crippen LogP contribution in [0.25, 0.3) is 0 Å². The fourth-order valence-corrected chi connectivity index (χ4v) is 8.73. The number of nitrogens with zero attached hydrogens (tertiary/aromatic N) is 1. The number of amides is 2. The normalized spacial score (nSPS) is 17.5. The first kappa shape index (κ1) is 44.0. The lowest BCUT2D eigenvalue weighted by atomic mass is 9.87. The van der Waals surface area contributed by atoms with E-state index in [2.05, 4.69) is 29.2 Å². The highest BCUT2D eigenvalue weighted by Crippen LogP contribution is 2.44. The van der Waals surface area contributed by atoms with Crippen LogP contribution in [0.15, 0.2) is 82.6 Å². The fourth-order valence-electron chi connectivity index (χ4n) is 6.53. The van der Waals surface area contributed by atoms with Crippen molar-refractivity contribution in [3.8, 4) is 5.75 Å². The molecule has 4 rings (SSSR count). The third-order valence-electron chi connectivity index (χ3n) is 9.59. The highest BCUT2D eigenvalue weighted by Gasteiger charge is 2.42. The van der Waals surface area contributed by atoms with Crippen molar-refractivity contribution in [1.82, 2.24) is 15.4 Å². The van der Waals surface area contributed by atoms with Crippen molar-refractivity contribution >= 4 is 45.0 Å². The number of fused-ring (bicyclic) bond motifs is 1. The number of unbranched alkanes of at least 4 members (excludes halogenated alkanes) is 2. The van der Waals surface area contributed by atoms with E-state index in [-0.39, 0.29) is 10.6 Å². The predicted molar refractivity (Wildman–Crippen MR) is 211 cm³/mol. The third kappa shape index (κ3) is 11.4. The van der Waals surface area contributed by atoms with Gasteiger partial charge in [-0.1, -0.05) is 88.1 Å². The molecular weight excluding hydrogens is 749 g/mol. The Morgan fingerprint density at radius 2 is 1.53 bits per heavy atom. The molecule has 8 N–H and O–H groups in total. The molecular formula is C39H54N4O10S2. The molecule has 1 aliphatic rings. The summed E-state index contributed by atoms with van der Waals surface area (Å²) in [5.74, 6) is -1.31. The van der Waals surface area contributed by atoms with Crippen LogP contribution in [0.4, 0.5) is 11.4 Å². The number of hydrogen-bond donors (Lipinski definition) is 8. The molecule has 14 nitrogen and oxygen atoms in total. The second-order valence-electron chi connectivity index (χ2n) is 13.7. The summed E-state index contributed by atoms with van der Waals surface area (Å²) in [4.78, 5) is 29.4. The maximum absolute atomic E-state index is 14.3. The Hall–Kier alpha value is -3.74. The van der Waals surface area contributed by atoms with Gasteiger partial charge in [-0.15, -0.1) is 11.8 Å². The Kier molecular flexibility index (Phi) is 16.3. The van der Waals surface area contributed by atoms with Crippen LogP contribution in [-0.4, -0.2) is 108 Å². The molecule has 0 spiro atoms.